The summed E-state index contributed by atoms with van der Waals surface area (Å²) in [6, 6.07) is 0. The van der Waals surface area contributed by atoms with Gasteiger partial charge < -0.3 is 9.64 Å². The van der Waals surface area contributed by atoms with Crippen molar-refractivity contribution in [2.45, 2.75) is 6.42 Å². The molecule has 0 amide bonds. The molecule has 2 aliphatic heterocycles. The molecular weight excluding hydrogens is 280 g/mol. The molecule has 0 aromatic rings. The first kappa shape index (κ1) is 15.7. The average molecular weight is 304 g/mol. The minimum Gasteiger partial charge on any atom is -0.469 e. The predicted molar refractivity (Wildman–Crippen MR) is 76.2 cm³/mol. The molecule has 2 rings (SSSR count). The fourth-order valence-corrected chi connectivity index (χ4v) is 4.90. The Hall–Kier alpha value is -0.660. The quantitative estimate of drug-likeness (QED) is 0.650. The van der Waals surface area contributed by atoms with Gasteiger partial charge in [-0.25, -0.2) is 8.42 Å². The van der Waals surface area contributed by atoms with Crippen molar-refractivity contribution in [1.29, 1.82) is 0 Å². The summed E-state index contributed by atoms with van der Waals surface area (Å²) >= 11 is 0. The van der Waals surface area contributed by atoms with Crippen molar-refractivity contribution in [3.05, 3.63) is 0 Å². The Bertz CT molecular complexity index is 443. The average Bonchev–Trinajstić information content (AvgIpc) is 2.77. The van der Waals surface area contributed by atoms with Gasteiger partial charge in [0, 0.05) is 32.7 Å². The number of rotatable bonds is 4. The zero-order chi connectivity index (χ0) is 14.8. The molecule has 0 spiro atoms. The van der Waals surface area contributed by atoms with E-state index in [1.807, 2.05) is 0 Å². The van der Waals surface area contributed by atoms with Crippen LogP contribution in [0.1, 0.15) is 6.42 Å². The Morgan fingerprint density at radius 2 is 1.95 bits per heavy atom. The lowest BCUT2D eigenvalue weighted by molar-refractivity contribution is -0.148. The van der Waals surface area contributed by atoms with Crippen molar-refractivity contribution in [2.24, 2.45) is 11.8 Å². The van der Waals surface area contributed by atoms with Gasteiger partial charge in [0.15, 0.2) is 9.84 Å². The lowest BCUT2D eigenvalue weighted by atomic mass is 9.91. The second-order valence-electron chi connectivity index (χ2n) is 5.90. The van der Waals surface area contributed by atoms with Crippen molar-refractivity contribution >= 4 is 15.8 Å². The Morgan fingerprint density at radius 3 is 2.45 bits per heavy atom. The molecule has 0 aliphatic carbocycles. The molecular formula is C13H24N2O4S. The van der Waals surface area contributed by atoms with Crippen LogP contribution in [-0.2, 0) is 19.4 Å². The van der Waals surface area contributed by atoms with Gasteiger partial charge in [0.25, 0.3) is 0 Å². The molecule has 0 aromatic carbocycles. The highest BCUT2D eigenvalue weighted by molar-refractivity contribution is 7.91. The fourth-order valence-electron chi connectivity index (χ4n) is 3.02. The Labute approximate surface area is 121 Å². The van der Waals surface area contributed by atoms with E-state index in [0.717, 1.165) is 26.2 Å². The van der Waals surface area contributed by atoms with Gasteiger partial charge in [-0.15, -0.1) is 0 Å². The van der Waals surface area contributed by atoms with E-state index in [1.54, 1.807) is 0 Å². The molecule has 0 radical (unpaired) electrons. The molecule has 116 valence electrons. The monoisotopic (exact) mass is 304 g/mol. The van der Waals surface area contributed by atoms with Gasteiger partial charge in [0.05, 0.1) is 24.5 Å². The van der Waals surface area contributed by atoms with Crippen LogP contribution in [0.4, 0.5) is 0 Å². The molecule has 0 aromatic heterocycles. The van der Waals surface area contributed by atoms with Crippen molar-refractivity contribution in [3.63, 3.8) is 0 Å². The van der Waals surface area contributed by atoms with E-state index in [-0.39, 0.29) is 29.3 Å². The fraction of sp³-hybridized carbons (Fsp3) is 0.923. The summed E-state index contributed by atoms with van der Waals surface area (Å²) in [5, 5.41) is 0. The lowest BCUT2D eigenvalue weighted by Gasteiger charge is -2.35. The molecule has 20 heavy (non-hydrogen) atoms. The smallest absolute Gasteiger partial charge is 0.310 e. The van der Waals surface area contributed by atoms with E-state index in [9.17, 15) is 13.2 Å². The van der Waals surface area contributed by atoms with Gasteiger partial charge in [0.2, 0.25) is 0 Å². The number of ether oxygens (including phenoxy) is 1. The Morgan fingerprint density at radius 1 is 1.30 bits per heavy atom. The van der Waals surface area contributed by atoms with Crippen LogP contribution in [-0.4, -0.2) is 82.6 Å². The number of hydrogen-bond acceptors (Lipinski definition) is 6. The normalized spacial score (nSPS) is 29.2. The number of carbonyl (C=O) groups excluding carboxylic acids is 1. The Kier molecular flexibility index (Phi) is 5.04. The summed E-state index contributed by atoms with van der Waals surface area (Å²) in [5.41, 5.74) is 0. The van der Waals surface area contributed by atoms with E-state index in [2.05, 4.69) is 16.8 Å². The van der Waals surface area contributed by atoms with Crippen LogP contribution in [0.15, 0.2) is 0 Å². The molecule has 0 saturated carbocycles. The molecule has 0 N–H and O–H groups in total. The summed E-state index contributed by atoms with van der Waals surface area (Å²) in [6.07, 6.45) is 0.579. The number of hydrogen-bond donors (Lipinski definition) is 0. The van der Waals surface area contributed by atoms with Crippen LogP contribution in [0.5, 0.6) is 0 Å². The van der Waals surface area contributed by atoms with Gasteiger partial charge >= 0.3 is 5.97 Å². The van der Waals surface area contributed by atoms with Gasteiger partial charge in [-0.1, -0.05) is 0 Å². The second-order valence-corrected chi connectivity index (χ2v) is 8.13. The topological polar surface area (TPSA) is 66.9 Å². The first-order valence-electron chi connectivity index (χ1n) is 7.10. The zero-order valence-electron chi connectivity index (χ0n) is 12.2. The number of nitrogens with zero attached hydrogens (tertiary/aromatic N) is 2. The predicted octanol–water partition coefficient (Wildman–Crippen LogP) is -0.542. The maximum atomic E-state index is 12.0. The van der Waals surface area contributed by atoms with Crippen molar-refractivity contribution < 1.29 is 17.9 Å². The number of piperazine rings is 1. The van der Waals surface area contributed by atoms with Gasteiger partial charge in [-0.05, 0) is 19.4 Å². The summed E-state index contributed by atoms with van der Waals surface area (Å²) in [4.78, 5) is 16.5. The van der Waals surface area contributed by atoms with Gasteiger partial charge in [0.1, 0.15) is 0 Å². The maximum absolute atomic E-state index is 12.0. The zero-order valence-corrected chi connectivity index (χ0v) is 13.1. The standard InChI is InChI=1S/C13H24N2O4S/c1-14-4-6-15(7-5-14)9-12(13(16)19-2)11-3-8-20(17,18)10-11/h11-12H,3-10H2,1-2H3. The van der Waals surface area contributed by atoms with Crippen LogP contribution in [0.2, 0.25) is 0 Å². The summed E-state index contributed by atoms with van der Waals surface area (Å²) in [5.74, 6) is -0.354. The SMILES string of the molecule is COC(=O)C(CN1CCN(C)CC1)C1CCS(=O)(=O)C1. The van der Waals surface area contributed by atoms with Crippen LogP contribution in [0.3, 0.4) is 0 Å². The lowest BCUT2D eigenvalue weighted by Crippen LogP contribution is -2.48. The summed E-state index contributed by atoms with van der Waals surface area (Å²) < 4.78 is 28.1. The van der Waals surface area contributed by atoms with Crippen LogP contribution >= 0.6 is 0 Å². The van der Waals surface area contributed by atoms with E-state index in [1.165, 1.54) is 7.11 Å². The minimum absolute atomic E-state index is 0.0906. The summed E-state index contributed by atoms with van der Waals surface area (Å²) in [7, 11) is 0.493. The van der Waals surface area contributed by atoms with Crippen molar-refractivity contribution in [1.82, 2.24) is 9.80 Å². The highest BCUT2D eigenvalue weighted by Crippen LogP contribution is 2.28. The highest BCUT2D eigenvalue weighted by Gasteiger charge is 2.38. The molecule has 0 bridgehead atoms. The molecule has 2 saturated heterocycles. The van der Waals surface area contributed by atoms with E-state index in [0.29, 0.717) is 13.0 Å². The van der Waals surface area contributed by atoms with Crippen molar-refractivity contribution in [3.8, 4) is 0 Å². The van der Waals surface area contributed by atoms with Crippen LogP contribution < -0.4 is 0 Å². The number of carbonyl (C=O) groups is 1. The third-order valence-electron chi connectivity index (χ3n) is 4.39. The Balaban J connectivity index is 1.99. The largest absolute Gasteiger partial charge is 0.469 e. The van der Waals surface area contributed by atoms with E-state index >= 15 is 0 Å². The number of sulfone groups is 1. The highest BCUT2D eigenvalue weighted by atomic mass is 32.2. The van der Waals surface area contributed by atoms with Gasteiger partial charge in [-0.3, -0.25) is 9.69 Å². The molecule has 2 unspecified atom stereocenters. The number of esters is 1. The van der Waals surface area contributed by atoms with Crippen LogP contribution in [0.25, 0.3) is 0 Å². The first-order chi connectivity index (χ1) is 9.41. The molecule has 2 atom stereocenters. The van der Waals surface area contributed by atoms with E-state index < -0.39 is 9.84 Å². The third-order valence-corrected chi connectivity index (χ3v) is 6.19. The first-order valence-corrected chi connectivity index (χ1v) is 8.92. The summed E-state index contributed by atoms with van der Waals surface area (Å²) in [6.45, 7) is 4.42. The molecule has 2 heterocycles. The maximum Gasteiger partial charge on any atom is 0.310 e. The molecule has 2 aliphatic rings. The molecule has 6 nitrogen and oxygen atoms in total. The van der Waals surface area contributed by atoms with E-state index in [4.69, 9.17) is 4.74 Å². The minimum atomic E-state index is -2.97. The van der Waals surface area contributed by atoms with Crippen LogP contribution in [0, 0.1) is 11.8 Å². The van der Waals surface area contributed by atoms with Crippen molar-refractivity contribution in [2.75, 3.05) is 58.4 Å². The molecule has 7 heteroatoms. The number of methoxy groups -OCH3 is 1. The number of likely N-dealkylation sites (N-methyl/N-ethyl adjacent to an activating group) is 1. The molecule has 2 fully saturated rings. The third kappa shape index (κ3) is 3.93. The van der Waals surface area contributed by atoms with Gasteiger partial charge in [-0.2, -0.15) is 0 Å². The second kappa shape index (κ2) is 6.41.